The number of anilines is 1. The molecule has 3 heteroatoms. The fraction of sp³-hybridized carbons (Fsp3) is 0.294. The molecule has 3 rings (SSSR count). The van der Waals surface area contributed by atoms with Crippen LogP contribution in [0.15, 0.2) is 53.0 Å². The van der Waals surface area contributed by atoms with E-state index < -0.39 is 0 Å². The third-order valence-electron chi connectivity index (χ3n) is 4.06. The van der Waals surface area contributed by atoms with Crippen molar-refractivity contribution < 1.29 is 5.11 Å². The normalized spacial score (nSPS) is 21.3. The van der Waals surface area contributed by atoms with Gasteiger partial charge < -0.3 is 10.4 Å². The van der Waals surface area contributed by atoms with Gasteiger partial charge in [-0.1, -0.05) is 40.2 Å². The molecule has 1 unspecified atom stereocenters. The number of benzene rings is 2. The Morgan fingerprint density at radius 1 is 1.10 bits per heavy atom. The van der Waals surface area contributed by atoms with Crippen molar-refractivity contribution >= 4 is 21.6 Å². The van der Waals surface area contributed by atoms with Gasteiger partial charge in [0.15, 0.2) is 0 Å². The molecular formula is C17H18BrNO. The predicted octanol–water partition coefficient (Wildman–Crippen LogP) is 3.78. The molecule has 2 nitrogen and oxygen atoms in total. The smallest absolute Gasteiger partial charge is 0.0664 e. The van der Waals surface area contributed by atoms with E-state index in [0.29, 0.717) is 0 Å². The summed E-state index contributed by atoms with van der Waals surface area (Å²) in [7, 11) is 0. The van der Waals surface area contributed by atoms with Gasteiger partial charge in [0.25, 0.3) is 0 Å². The van der Waals surface area contributed by atoms with Crippen LogP contribution in [0.5, 0.6) is 0 Å². The van der Waals surface area contributed by atoms with Gasteiger partial charge in [-0.15, -0.1) is 0 Å². The molecule has 0 fully saturated rings. The topological polar surface area (TPSA) is 32.3 Å². The Hall–Kier alpha value is -1.32. The maximum absolute atomic E-state index is 9.91. The number of para-hydroxylation sites is 1. The number of hydrogen-bond acceptors (Lipinski definition) is 2. The summed E-state index contributed by atoms with van der Waals surface area (Å²) in [6.07, 6.45) is 2.80. The largest absolute Gasteiger partial charge is 0.394 e. The average Bonchev–Trinajstić information content (AvgIpc) is 2.48. The standard InChI is InChI=1S/C17H18BrNO/c18-15-7-6-14-11-17(12-20,9-8-13(14)10-15)19-16-4-2-1-3-5-16/h1-7,10,19-20H,8-9,11-12H2. The second-order valence-electron chi connectivity index (χ2n) is 5.52. The predicted molar refractivity (Wildman–Crippen MR) is 86.0 cm³/mol. The highest BCUT2D eigenvalue weighted by Crippen LogP contribution is 2.32. The summed E-state index contributed by atoms with van der Waals surface area (Å²) >= 11 is 3.52. The van der Waals surface area contributed by atoms with Gasteiger partial charge in [-0.2, -0.15) is 0 Å². The minimum Gasteiger partial charge on any atom is -0.394 e. The first kappa shape index (κ1) is 13.7. The Morgan fingerprint density at radius 2 is 1.90 bits per heavy atom. The molecule has 0 bridgehead atoms. The minimum absolute atomic E-state index is 0.150. The van der Waals surface area contributed by atoms with Gasteiger partial charge in [0, 0.05) is 10.2 Å². The zero-order valence-electron chi connectivity index (χ0n) is 11.3. The van der Waals surface area contributed by atoms with Crippen LogP contribution in [0, 0.1) is 0 Å². The van der Waals surface area contributed by atoms with E-state index in [-0.39, 0.29) is 12.1 Å². The van der Waals surface area contributed by atoms with Crippen LogP contribution in [0.25, 0.3) is 0 Å². The lowest BCUT2D eigenvalue weighted by Gasteiger charge is -2.38. The SMILES string of the molecule is OCC1(Nc2ccccc2)CCc2cc(Br)ccc2C1. The van der Waals surface area contributed by atoms with Crippen molar-refractivity contribution in [2.45, 2.75) is 24.8 Å². The maximum atomic E-state index is 9.91. The summed E-state index contributed by atoms with van der Waals surface area (Å²) in [6.45, 7) is 0.150. The molecule has 104 valence electrons. The lowest BCUT2D eigenvalue weighted by molar-refractivity contribution is 0.196. The lowest BCUT2D eigenvalue weighted by Crippen LogP contribution is -2.47. The second kappa shape index (κ2) is 5.58. The van der Waals surface area contributed by atoms with Crippen molar-refractivity contribution in [2.75, 3.05) is 11.9 Å². The van der Waals surface area contributed by atoms with Crippen molar-refractivity contribution in [3.63, 3.8) is 0 Å². The summed E-state index contributed by atoms with van der Waals surface area (Å²) in [5.41, 5.74) is 3.54. The molecule has 2 aromatic rings. The van der Waals surface area contributed by atoms with Crippen molar-refractivity contribution in [1.82, 2.24) is 0 Å². The van der Waals surface area contributed by atoms with Gasteiger partial charge in [-0.25, -0.2) is 0 Å². The summed E-state index contributed by atoms with van der Waals surface area (Å²) < 4.78 is 1.13. The molecule has 1 aliphatic carbocycles. The average molecular weight is 332 g/mol. The Bertz CT molecular complexity index is 599. The van der Waals surface area contributed by atoms with Crippen LogP contribution < -0.4 is 5.32 Å². The van der Waals surface area contributed by atoms with E-state index in [2.05, 4.69) is 51.6 Å². The highest BCUT2D eigenvalue weighted by Gasteiger charge is 2.33. The highest BCUT2D eigenvalue weighted by molar-refractivity contribution is 9.10. The summed E-state index contributed by atoms with van der Waals surface area (Å²) in [4.78, 5) is 0. The second-order valence-corrected chi connectivity index (χ2v) is 6.43. The molecule has 1 aliphatic rings. The third-order valence-corrected chi connectivity index (χ3v) is 4.55. The van der Waals surface area contributed by atoms with E-state index in [1.807, 2.05) is 18.2 Å². The minimum atomic E-state index is -0.248. The number of nitrogens with one attached hydrogen (secondary N) is 1. The first-order chi connectivity index (χ1) is 9.71. The number of aliphatic hydroxyl groups excluding tert-OH is 1. The fourth-order valence-electron chi connectivity index (χ4n) is 2.94. The van der Waals surface area contributed by atoms with Gasteiger partial charge in [-0.05, 0) is 54.7 Å². The molecule has 0 radical (unpaired) electrons. The number of aryl methyl sites for hydroxylation is 1. The van der Waals surface area contributed by atoms with Gasteiger partial charge >= 0.3 is 0 Å². The van der Waals surface area contributed by atoms with Gasteiger partial charge in [-0.3, -0.25) is 0 Å². The molecule has 0 amide bonds. The quantitative estimate of drug-likeness (QED) is 0.897. The van der Waals surface area contributed by atoms with Crippen LogP contribution in [0.3, 0.4) is 0 Å². The Balaban J connectivity index is 1.86. The van der Waals surface area contributed by atoms with E-state index in [0.717, 1.165) is 29.4 Å². The summed E-state index contributed by atoms with van der Waals surface area (Å²) in [6, 6.07) is 16.6. The van der Waals surface area contributed by atoms with E-state index in [4.69, 9.17) is 0 Å². The molecule has 1 atom stereocenters. The molecule has 0 heterocycles. The first-order valence-corrected chi connectivity index (χ1v) is 7.71. The van der Waals surface area contributed by atoms with Crippen LogP contribution in [-0.4, -0.2) is 17.3 Å². The Kier molecular flexibility index (Phi) is 3.81. The highest BCUT2D eigenvalue weighted by atomic mass is 79.9. The number of fused-ring (bicyclic) bond motifs is 1. The molecule has 2 N–H and O–H groups in total. The van der Waals surface area contributed by atoms with Gasteiger partial charge in [0.05, 0.1) is 12.1 Å². The number of hydrogen-bond donors (Lipinski definition) is 2. The molecule has 0 saturated heterocycles. The van der Waals surface area contributed by atoms with Crippen molar-refractivity contribution in [1.29, 1.82) is 0 Å². The van der Waals surface area contributed by atoms with Crippen LogP contribution in [-0.2, 0) is 12.8 Å². The Morgan fingerprint density at radius 3 is 2.65 bits per heavy atom. The van der Waals surface area contributed by atoms with Crippen LogP contribution in [0.1, 0.15) is 17.5 Å². The zero-order valence-corrected chi connectivity index (χ0v) is 12.9. The zero-order chi connectivity index (χ0) is 14.0. The first-order valence-electron chi connectivity index (χ1n) is 6.92. The third kappa shape index (κ3) is 2.74. The molecule has 0 aromatic heterocycles. The van der Waals surface area contributed by atoms with Crippen LogP contribution in [0.2, 0.25) is 0 Å². The molecule has 2 aromatic carbocycles. The van der Waals surface area contributed by atoms with Crippen LogP contribution >= 0.6 is 15.9 Å². The fourth-order valence-corrected chi connectivity index (χ4v) is 3.34. The van der Waals surface area contributed by atoms with Gasteiger partial charge in [0.1, 0.15) is 0 Å². The van der Waals surface area contributed by atoms with Crippen molar-refractivity contribution in [3.8, 4) is 0 Å². The molecule has 20 heavy (non-hydrogen) atoms. The number of halogens is 1. The van der Waals surface area contributed by atoms with Gasteiger partial charge in [0.2, 0.25) is 0 Å². The van der Waals surface area contributed by atoms with Crippen LogP contribution in [0.4, 0.5) is 5.69 Å². The lowest BCUT2D eigenvalue weighted by atomic mass is 9.78. The van der Waals surface area contributed by atoms with Crippen molar-refractivity contribution in [2.24, 2.45) is 0 Å². The molecule has 0 aliphatic heterocycles. The van der Waals surface area contributed by atoms with E-state index in [1.165, 1.54) is 11.1 Å². The van der Waals surface area contributed by atoms with E-state index in [9.17, 15) is 5.11 Å². The van der Waals surface area contributed by atoms with E-state index in [1.54, 1.807) is 0 Å². The summed E-state index contributed by atoms with van der Waals surface area (Å²) in [5, 5.41) is 13.4. The monoisotopic (exact) mass is 331 g/mol. The number of aliphatic hydroxyl groups is 1. The van der Waals surface area contributed by atoms with E-state index >= 15 is 0 Å². The number of rotatable bonds is 3. The molecular weight excluding hydrogens is 314 g/mol. The Labute approximate surface area is 128 Å². The molecule has 0 saturated carbocycles. The van der Waals surface area contributed by atoms with Crippen molar-refractivity contribution in [3.05, 3.63) is 64.1 Å². The maximum Gasteiger partial charge on any atom is 0.0664 e. The summed E-state index contributed by atoms with van der Waals surface area (Å²) in [5.74, 6) is 0. The molecule has 0 spiro atoms.